The van der Waals surface area contributed by atoms with E-state index >= 15 is 0 Å². The van der Waals surface area contributed by atoms with Gasteiger partial charge in [-0.1, -0.05) is 37.3 Å². The quantitative estimate of drug-likeness (QED) is 0.755. The van der Waals surface area contributed by atoms with Crippen molar-refractivity contribution in [3.8, 4) is 0 Å². The van der Waals surface area contributed by atoms with Crippen molar-refractivity contribution >= 4 is 5.97 Å². The molecule has 0 aliphatic rings. The first-order chi connectivity index (χ1) is 8.67. The number of ether oxygens (including phenoxy) is 1. The van der Waals surface area contributed by atoms with Crippen molar-refractivity contribution in [2.24, 2.45) is 0 Å². The molecule has 0 fully saturated rings. The van der Waals surface area contributed by atoms with Crippen LogP contribution in [0.4, 0.5) is 0 Å². The molecule has 0 heterocycles. The van der Waals surface area contributed by atoms with Crippen LogP contribution in [-0.2, 0) is 9.53 Å². The molecule has 1 rings (SSSR count). The molecule has 1 N–H and O–H groups in total. The van der Waals surface area contributed by atoms with Gasteiger partial charge in [0.2, 0.25) is 0 Å². The van der Waals surface area contributed by atoms with Crippen LogP contribution in [0, 0.1) is 0 Å². The second-order valence-corrected chi connectivity index (χ2v) is 4.45. The van der Waals surface area contributed by atoms with Crippen molar-refractivity contribution in [3.63, 3.8) is 0 Å². The Labute approximate surface area is 110 Å². The van der Waals surface area contributed by atoms with Crippen LogP contribution in [0.15, 0.2) is 30.3 Å². The highest BCUT2D eigenvalue weighted by molar-refractivity contribution is 5.70. The average molecular weight is 249 g/mol. The summed E-state index contributed by atoms with van der Waals surface area (Å²) < 4.78 is 4.95. The van der Waals surface area contributed by atoms with Crippen LogP contribution in [-0.4, -0.2) is 18.6 Å². The summed E-state index contributed by atoms with van der Waals surface area (Å²) in [5, 5.41) is 3.47. The molecule has 3 nitrogen and oxygen atoms in total. The summed E-state index contributed by atoms with van der Waals surface area (Å²) in [5.74, 6) is -0.139. The number of carbonyl (C=O) groups is 1. The van der Waals surface area contributed by atoms with Gasteiger partial charge in [-0.25, -0.2) is 0 Å². The fourth-order valence-corrected chi connectivity index (χ4v) is 2.01. The predicted molar refractivity (Wildman–Crippen MR) is 73.3 cm³/mol. The maximum absolute atomic E-state index is 11.4. The number of benzene rings is 1. The molecular formula is C15H23NO2. The Morgan fingerprint density at radius 2 is 1.94 bits per heavy atom. The number of rotatable bonds is 7. The smallest absolute Gasteiger partial charge is 0.307 e. The highest BCUT2D eigenvalue weighted by atomic mass is 16.5. The van der Waals surface area contributed by atoms with E-state index in [1.807, 2.05) is 32.0 Å². The standard InChI is InChI=1S/C15H23NO2/c1-4-14(13-9-7-6-8-10-13)16-12(3)11-15(17)18-5-2/h6-10,12,14,16H,4-5,11H2,1-3H3. The van der Waals surface area contributed by atoms with Crippen LogP contribution in [0.3, 0.4) is 0 Å². The monoisotopic (exact) mass is 249 g/mol. The third kappa shape index (κ3) is 4.88. The third-order valence-corrected chi connectivity index (χ3v) is 2.87. The Kier molecular flexibility index (Phi) is 6.44. The summed E-state index contributed by atoms with van der Waals surface area (Å²) in [4.78, 5) is 11.4. The maximum Gasteiger partial charge on any atom is 0.307 e. The van der Waals surface area contributed by atoms with E-state index in [1.165, 1.54) is 5.56 Å². The lowest BCUT2D eigenvalue weighted by molar-refractivity contribution is -0.143. The van der Waals surface area contributed by atoms with E-state index in [4.69, 9.17) is 4.74 Å². The van der Waals surface area contributed by atoms with Crippen LogP contribution >= 0.6 is 0 Å². The first-order valence-corrected chi connectivity index (χ1v) is 6.64. The van der Waals surface area contributed by atoms with Crippen molar-refractivity contribution in [2.75, 3.05) is 6.61 Å². The summed E-state index contributed by atoms with van der Waals surface area (Å²) in [7, 11) is 0. The van der Waals surface area contributed by atoms with Crippen LogP contribution in [0.1, 0.15) is 45.2 Å². The Balaban J connectivity index is 2.51. The van der Waals surface area contributed by atoms with Gasteiger partial charge in [0, 0.05) is 12.1 Å². The Hall–Kier alpha value is -1.35. The minimum Gasteiger partial charge on any atom is -0.466 e. The van der Waals surface area contributed by atoms with Gasteiger partial charge in [-0.2, -0.15) is 0 Å². The summed E-state index contributed by atoms with van der Waals surface area (Å²) in [6.45, 7) is 6.43. The molecule has 0 saturated heterocycles. The maximum atomic E-state index is 11.4. The lowest BCUT2D eigenvalue weighted by Gasteiger charge is -2.22. The zero-order chi connectivity index (χ0) is 13.4. The molecule has 0 radical (unpaired) electrons. The first-order valence-electron chi connectivity index (χ1n) is 6.64. The Morgan fingerprint density at radius 3 is 2.50 bits per heavy atom. The Morgan fingerprint density at radius 1 is 1.28 bits per heavy atom. The van der Waals surface area contributed by atoms with Gasteiger partial charge in [-0.15, -0.1) is 0 Å². The first kappa shape index (κ1) is 14.7. The van der Waals surface area contributed by atoms with Crippen molar-refractivity contribution in [2.45, 2.75) is 45.7 Å². The number of hydrogen-bond acceptors (Lipinski definition) is 3. The minimum atomic E-state index is -0.139. The molecule has 0 amide bonds. The molecule has 0 bridgehead atoms. The highest BCUT2D eigenvalue weighted by Gasteiger charge is 2.15. The molecule has 2 atom stereocenters. The molecule has 100 valence electrons. The van der Waals surface area contributed by atoms with E-state index in [0.29, 0.717) is 13.0 Å². The van der Waals surface area contributed by atoms with Gasteiger partial charge in [-0.3, -0.25) is 4.79 Å². The molecule has 0 aliphatic carbocycles. The summed E-state index contributed by atoms with van der Waals surface area (Å²) >= 11 is 0. The minimum absolute atomic E-state index is 0.120. The number of nitrogens with one attached hydrogen (secondary N) is 1. The average Bonchev–Trinajstić information content (AvgIpc) is 2.37. The predicted octanol–water partition coefficient (Wildman–Crippen LogP) is 3.07. The van der Waals surface area contributed by atoms with E-state index in [0.717, 1.165) is 6.42 Å². The zero-order valence-corrected chi connectivity index (χ0v) is 11.5. The number of hydrogen-bond donors (Lipinski definition) is 1. The van der Waals surface area contributed by atoms with Gasteiger partial charge < -0.3 is 10.1 Å². The molecular weight excluding hydrogens is 226 g/mol. The Bertz CT molecular complexity index is 351. The van der Waals surface area contributed by atoms with Crippen LogP contribution in [0.2, 0.25) is 0 Å². The second-order valence-electron chi connectivity index (χ2n) is 4.45. The molecule has 18 heavy (non-hydrogen) atoms. The van der Waals surface area contributed by atoms with E-state index in [9.17, 15) is 4.79 Å². The van der Waals surface area contributed by atoms with Gasteiger partial charge in [0.25, 0.3) is 0 Å². The van der Waals surface area contributed by atoms with E-state index in [1.54, 1.807) is 0 Å². The molecule has 0 aromatic heterocycles. The van der Waals surface area contributed by atoms with E-state index in [2.05, 4.69) is 24.4 Å². The van der Waals surface area contributed by atoms with Gasteiger partial charge in [-0.05, 0) is 25.8 Å². The van der Waals surface area contributed by atoms with Crippen LogP contribution in [0.5, 0.6) is 0 Å². The van der Waals surface area contributed by atoms with E-state index < -0.39 is 0 Å². The second kappa shape index (κ2) is 7.88. The molecule has 3 heteroatoms. The summed E-state index contributed by atoms with van der Waals surface area (Å²) in [6, 6.07) is 10.7. The van der Waals surface area contributed by atoms with Crippen molar-refractivity contribution in [1.29, 1.82) is 0 Å². The largest absolute Gasteiger partial charge is 0.466 e. The van der Waals surface area contributed by atoms with Crippen LogP contribution in [0.25, 0.3) is 0 Å². The van der Waals surface area contributed by atoms with Crippen LogP contribution < -0.4 is 5.32 Å². The molecule has 2 unspecified atom stereocenters. The summed E-state index contributed by atoms with van der Waals surface area (Å²) in [5.41, 5.74) is 1.26. The van der Waals surface area contributed by atoms with Gasteiger partial charge in [0.1, 0.15) is 0 Å². The van der Waals surface area contributed by atoms with Crippen molar-refractivity contribution in [3.05, 3.63) is 35.9 Å². The third-order valence-electron chi connectivity index (χ3n) is 2.87. The lowest BCUT2D eigenvalue weighted by Crippen LogP contribution is -2.32. The van der Waals surface area contributed by atoms with Crippen molar-refractivity contribution < 1.29 is 9.53 Å². The summed E-state index contributed by atoms with van der Waals surface area (Å²) in [6.07, 6.45) is 1.41. The molecule has 0 aliphatic heterocycles. The SMILES string of the molecule is CCOC(=O)CC(C)NC(CC)c1ccccc1. The normalized spacial score (nSPS) is 13.9. The number of esters is 1. The number of carbonyl (C=O) groups excluding carboxylic acids is 1. The fraction of sp³-hybridized carbons (Fsp3) is 0.533. The molecule has 0 saturated carbocycles. The molecule has 1 aromatic carbocycles. The van der Waals surface area contributed by atoms with E-state index in [-0.39, 0.29) is 18.1 Å². The molecule has 1 aromatic rings. The van der Waals surface area contributed by atoms with Gasteiger partial charge in [0.05, 0.1) is 13.0 Å². The topological polar surface area (TPSA) is 38.3 Å². The van der Waals surface area contributed by atoms with Gasteiger partial charge in [0.15, 0.2) is 0 Å². The molecule has 0 spiro atoms. The zero-order valence-electron chi connectivity index (χ0n) is 11.5. The van der Waals surface area contributed by atoms with Gasteiger partial charge >= 0.3 is 5.97 Å². The lowest BCUT2D eigenvalue weighted by atomic mass is 10.0. The van der Waals surface area contributed by atoms with Crippen molar-refractivity contribution in [1.82, 2.24) is 5.32 Å². The highest BCUT2D eigenvalue weighted by Crippen LogP contribution is 2.17. The fourth-order valence-electron chi connectivity index (χ4n) is 2.01.